The summed E-state index contributed by atoms with van der Waals surface area (Å²) in [6.07, 6.45) is 6.38. The number of nitrogens with zero attached hydrogens (tertiary/aromatic N) is 4. The van der Waals surface area contributed by atoms with Gasteiger partial charge >= 0.3 is 0 Å². The highest BCUT2D eigenvalue weighted by Gasteiger charge is 2.41. The number of anilines is 2. The van der Waals surface area contributed by atoms with Crippen molar-refractivity contribution in [2.45, 2.75) is 69.6 Å². The van der Waals surface area contributed by atoms with Crippen LogP contribution in [0, 0.1) is 18.8 Å². The Bertz CT molecular complexity index is 1230. The Hall–Kier alpha value is -2.40. The van der Waals surface area contributed by atoms with E-state index in [1.165, 1.54) is 19.3 Å². The molecule has 3 aromatic heterocycles. The Morgan fingerprint density at radius 1 is 1.09 bits per heavy atom. The van der Waals surface area contributed by atoms with E-state index in [9.17, 15) is 15.3 Å². The number of fused-ring (bicyclic) bond motifs is 1. The molecule has 9 nitrogen and oxygen atoms in total. The molecule has 0 bridgehead atoms. The van der Waals surface area contributed by atoms with Crippen molar-refractivity contribution in [3.8, 4) is 10.6 Å². The first-order valence-electron chi connectivity index (χ1n) is 12.6. The molecular formula is C25H32N6O3S. The fraction of sp³-hybridized carbons (Fsp3) is 0.600. The van der Waals surface area contributed by atoms with E-state index in [-0.39, 0.29) is 12.5 Å². The van der Waals surface area contributed by atoms with Crippen LogP contribution in [0.25, 0.3) is 20.8 Å². The van der Waals surface area contributed by atoms with E-state index in [1.807, 2.05) is 19.2 Å². The van der Waals surface area contributed by atoms with Crippen molar-refractivity contribution in [3.63, 3.8) is 0 Å². The standard InChI is InChI=1S/C25H32N6O3S/c1-12-18(24-30-20-17(35-24)7-8-26-19(20)14-5-6-14)23(29-16-9-15(11-32)21(33)22(16)34)31-25(28-12)27-10-13-3-2-4-13/h7-8,13-16,21-22,32-34H,2-6,9-11H2,1H3,(H2,27,28,29,31)/t15-,16-,21-,22+/m1/s1. The molecule has 0 radical (unpaired) electrons. The third kappa shape index (κ3) is 4.37. The number of aryl methyl sites for hydroxylation is 1. The maximum atomic E-state index is 10.7. The highest BCUT2D eigenvalue weighted by molar-refractivity contribution is 7.21. The Labute approximate surface area is 208 Å². The Kier molecular flexibility index (Phi) is 6.08. The van der Waals surface area contributed by atoms with Crippen molar-refractivity contribution in [1.29, 1.82) is 0 Å². The molecule has 6 rings (SSSR count). The minimum absolute atomic E-state index is 0.172. The lowest BCUT2D eigenvalue weighted by molar-refractivity contribution is 0.00446. The maximum absolute atomic E-state index is 10.7. The van der Waals surface area contributed by atoms with Gasteiger partial charge in [0.1, 0.15) is 22.4 Å². The van der Waals surface area contributed by atoms with Crippen LogP contribution in [0.15, 0.2) is 12.3 Å². The number of nitrogens with one attached hydrogen (secondary N) is 2. The van der Waals surface area contributed by atoms with E-state index in [1.54, 1.807) is 11.3 Å². The second-order valence-electron chi connectivity index (χ2n) is 10.3. The molecule has 186 valence electrons. The van der Waals surface area contributed by atoms with Gasteiger partial charge in [0.15, 0.2) is 0 Å². The molecule has 3 saturated carbocycles. The molecule has 3 heterocycles. The van der Waals surface area contributed by atoms with Gasteiger partial charge in [0.25, 0.3) is 0 Å². The molecule has 4 atom stereocenters. The smallest absolute Gasteiger partial charge is 0.224 e. The predicted octanol–water partition coefficient (Wildman–Crippen LogP) is 3.06. The number of aromatic nitrogens is 4. The summed E-state index contributed by atoms with van der Waals surface area (Å²) >= 11 is 1.60. The summed E-state index contributed by atoms with van der Waals surface area (Å²) < 4.78 is 1.09. The molecule has 0 saturated heterocycles. The van der Waals surface area contributed by atoms with Gasteiger partial charge in [-0.25, -0.2) is 9.97 Å². The molecule has 0 aromatic carbocycles. The van der Waals surface area contributed by atoms with Crippen LogP contribution in [0.3, 0.4) is 0 Å². The van der Waals surface area contributed by atoms with E-state index in [4.69, 9.17) is 15.0 Å². The van der Waals surface area contributed by atoms with Gasteiger partial charge < -0.3 is 26.0 Å². The van der Waals surface area contributed by atoms with Gasteiger partial charge in [0.05, 0.1) is 33.8 Å². The number of aliphatic hydroxyl groups excluding tert-OH is 3. The zero-order chi connectivity index (χ0) is 24.1. The first-order valence-corrected chi connectivity index (χ1v) is 13.4. The van der Waals surface area contributed by atoms with Crippen LogP contribution >= 0.6 is 11.3 Å². The zero-order valence-electron chi connectivity index (χ0n) is 19.8. The molecule has 3 fully saturated rings. The molecule has 35 heavy (non-hydrogen) atoms. The average Bonchev–Trinajstić information content (AvgIpc) is 3.51. The second kappa shape index (κ2) is 9.24. The van der Waals surface area contributed by atoms with Crippen LogP contribution < -0.4 is 10.6 Å². The van der Waals surface area contributed by atoms with E-state index >= 15 is 0 Å². The number of rotatable bonds is 8. The summed E-state index contributed by atoms with van der Waals surface area (Å²) in [5.74, 6) is 1.91. The van der Waals surface area contributed by atoms with Crippen LogP contribution in [0.4, 0.5) is 11.8 Å². The number of thiazole rings is 1. The molecule has 3 aliphatic rings. The first kappa shape index (κ1) is 23.0. The molecule has 0 amide bonds. The molecule has 3 aromatic rings. The van der Waals surface area contributed by atoms with Gasteiger partial charge in [0, 0.05) is 31.2 Å². The van der Waals surface area contributed by atoms with Gasteiger partial charge in [-0.05, 0) is 51.0 Å². The number of pyridine rings is 1. The van der Waals surface area contributed by atoms with Crippen molar-refractivity contribution in [2.24, 2.45) is 11.8 Å². The van der Waals surface area contributed by atoms with E-state index in [0.717, 1.165) is 51.6 Å². The van der Waals surface area contributed by atoms with Crippen molar-refractivity contribution < 1.29 is 15.3 Å². The lowest BCUT2D eigenvalue weighted by atomic mass is 9.85. The summed E-state index contributed by atoms with van der Waals surface area (Å²) in [5.41, 5.74) is 3.61. The highest BCUT2D eigenvalue weighted by atomic mass is 32.1. The van der Waals surface area contributed by atoms with E-state index in [2.05, 4.69) is 15.6 Å². The van der Waals surface area contributed by atoms with Gasteiger partial charge in [-0.15, -0.1) is 11.3 Å². The van der Waals surface area contributed by atoms with Crippen molar-refractivity contribution in [2.75, 3.05) is 23.8 Å². The van der Waals surface area contributed by atoms with Gasteiger partial charge in [-0.2, -0.15) is 4.98 Å². The van der Waals surface area contributed by atoms with Crippen LogP contribution in [0.1, 0.15) is 55.8 Å². The minimum Gasteiger partial charge on any atom is -0.396 e. The maximum Gasteiger partial charge on any atom is 0.224 e. The summed E-state index contributed by atoms with van der Waals surface area (Å²) in [6.45, 7) is 2.63. The molecule has 5 N–H and O–H groups in total. The van der Waals surface area contributed by atoms with Gasteiger partial charge in [-0.3, -0.25) is 4.98 Å². The molecule has 0 unspecified atom stereocenters. The number of hydrogen-bond acceptors (Lipinski definition) is 10. The molecular weight excluding hydrogens is 464 g/mol. The van der Waals surface area contributed by atoms with Crippen molar-refractivity contribution in [3.05, 3.63) is 23.7 Å². The second-order valence-corrected chi connectivity index (χ2v) is 11.3. The summed E-state index contributed by atoms with van der Waals surface area (Å²) in [5, 5.41) is 38.2. The Morgan fingerprint density at radius 2 is 1.91 bits per heavy atom. The average molecular weight is 497 g/mol. The summed E-state index contributed by atoms with van der Waals surface area (Å²) in [7, 11) is 0. The monoisotopic (exact) mass is 496 g/mol. The van der Waals surface area contributed by atoms with Gasteiger partial charge in [0.2, 0.25) is 5.95 Å². The van der Waals surface area contributed by atoms with Crippen LogP contribution in [-0.2, 0) is 0 Å². The summed E-state index contributed by atoms with van der Waals surface area (Å²) in [6, 6.07) is 1.57. The zero-order valence-corrected chi connectivity index (χ0v) is 20.6. The molecule has 0 spiro atoms. The quantitative estimate of drug-likeness (QED) is 0.319. The van der Waals surface area contributed by atoms with Gasteiger partial charge in [-0.1, -0.05) is 6.42 Å². The highest BCUT2D eigenvalue weighted by Crippen LogP contribution is 2.44. The Morgan fingerprint density at radius 3 is 2.60 bits per heavy atom. The number of hydrogen-bond donors (Lipinski definition) is 5. The topological polar surface area (TPSA) is 136 Å². The normalized spacial score (nSPS) is 26.7. The number of aliphatic hydroxyl groups is 3. The lowest BCUT2D eigenvalue weighted by Crippen LogP contribution is -2.35. The lowest BCUT2D eigenvalue weighted by Gasteiger charge is -2.26. The fourth-order valence-corrected chi connectivity index (χ4v) is 6.27. The third-order valence-corrected chi connectivity index (χ3v) is 8.77. The summed E-state index contributed by atoms with van der Waals surface area (Å²) in [4.78, 5) is 19.2. The molecule has 3 aliphatic carbocycles. The van der Waals surface area contributed by atoms with E-state index in [0.29, 0.717) is 30.0 Å². The van der Waals surface area contributed by atoms with Crippen LogP contribution in [0.5, 0.6) is 0 Å². The predicted molar refractivity (Wildman–Crippen MR) is 136 cm³/mol. The third-order valence-electron chi connectivity index (χ3n) is 7.74. The Balaban J connectivity index is 1.38. The van der Waals surface area contributed by atoms with Crippen molar-refractivity contribution >= 4 is 33.3 Å². The SMILES string of the molecule is Cc1nc(NCC2CCC2)nc(N[C@@H]2C[C@H](CO)[C@@H](O)[C@H]2O)c1-c1nc2c(C3CC3)nccc2s1. The molecule has 10 heteroatoms. The van der Waals surface area contributed by atoms with Crippen LogP contribution in [-0.4, -0.2) is 66.7 Å². The largest absolute Gasteiger partial charge is 0.396 e. The van der Waals surface area contributed by atoms with Crippen molar-refractivity contribution in [1.82, 2.24) is 19.9 Å². The van der Waals surface area contributed by atoms with E-state index < -0.39 is 18.2 Å². The first-order chi connectivity index (χ1) is 17.0. The fourth-order valence-electron chi connectivity index (χ4n) is 5.21. The van der Waals surface area contributed by atoms with Crippen LogP contribution in [0.2, 0.25) is 0 Å². The molecule has 0 aliphatic heterocycles. The minimum atomic E-state index is -0.998.